The first-order valence-electron chi connectivity index (χ1n) is 6.12. The fraction of sp³-hybridized carbons (Fsp3) is 0.0714. The van der Waals surface area contributed by atoms with E-state index in [1.165, 1.54) is 0 Å². The van der Waals surface area contributed by atoms with Gasteiger partial charge in [0.15, 0.2) is 0 Å². The molecule has 0 aliphatic rings. The third-order valence-electron chi connectivity index (χ3n) is 3.00. The molecule has 0 atom stereocenters. The van der Waals surface area contributed by atoms with E-state index in [0.29, 0.717) is 23.1 Å². The third kappa shape index (κ3) is 2.31. The molecule has 3 rings (SSSR count). The number of carbonyl (C=O) groups is 1. The summed E-state index contributed by atoms with van der Waals surface area (Å²) in [5, 5.41) is 2.81. The molecule has 20 heavy (non-hydrogen) atoms. The van der Waals surface area contributed by atoms with E-state index in [9.17, 15) is 9.59 Å². The van der Waals surface area contributed by atoms with Crippen LogP contribution in [-0.4, -0.2) is 20.9 Å². The first-order valence-corrected chi connectivity index (χ1v) is 6.12. The van der Waals surface area contributed by atoms with E-state index in [2.05, 4.69) is 20.3 Å². The molecule has 0 radical (unpaired) electrons. The van der Waals surface area contributed by atoms with Crippen molar-refractivity contribution in [1.82, 2.24) is 20.3 Å². The van der Waals surface area contributed by atoms with Crippen molar-refractivity contribution in [3.63, 3.8) is 0 Å². The minimum absolute atomic E-state index is 0.234. The SMILES string of the molecule is O=C(NCc1ccncc1)c1cccc2[nH]c(=O)[nH]c12. The predicted molar refractivity (Wildman–Crippen MR) is 74.3 cm³/mol. The number of imidazole rings is 1. The van der Waals surface area contributed by atoms with Crippen LogP contribution in [0.5, 0.6) is 0 Å². The van der Waals surface area contributed by atoms with Gasteiger partial charge in [-0.15, -0.1) is 0 Å². The maximum atomic E-state index is 12.2. The Kier molecular flexibility index (Phi) is 3.04. The highest BCUT2D eigenvalue weighted by molar-refractivity contribution is 6.04. The molecular formula is C14H12N4O2. The van der Waals surface area contributed by atoms with Crippen LogP contribution in [0, 0.1) is 0 Å². The molecule has 3 N–H and O–H groups in total. The smallest absolute Gasteiger partial charge is 0.323 e. The maximum absolute atomic E-state index is 12.2. The summed E-state index contributed by atoms with van der Waals surface area (Å²) in [5.41, 5.74) is 2.21. The van der Waals surface area contributed by atoms with Gasteiger partial charge in [0.2, 0.25) is 0 Å². The van der Waals surface area contributed by atoms with Crippen molar-refractivity contribution in [1.29, 1.82) is 0 Å². The van der Waals surface area contributed by atoms with Crippen LogP contribution in [0.4, 0.5) is 0 Å². The van der Waals surface area contributed by atoms with E-state index >= 15 is 0 Å². The van der Waals surface area contributed by atoms with Crippen LogP contribution in [0.2, 0.25) is 0 Å². The Morgan fingerprint density at radius 3 is 2.75 bits per heavy atom. The van der Waals surface area contributed by atoms with Crippen molar-refractivity contribution in [2.24, 2.45) is 0 Å². The van der Waals surface area contributed by atoms with Crippen molar-refractivity contribution < 1.29 is 4.79 Å². The molecule has 3 aromatic rings. The minimum atomic E-state index is -0.325. The molecule has 0 spiro atoms. The van der Waals surface area contributed by atoms with Crippen molar-refractivity contribution in [2.75, 3.05) is 0 Å². The number of aromatic amines is 2. The molecule has 2 aromatic heterocycles. The van der Waals surface area contributed by atoms with Crippen LogP contribution < -0.4 is 11.0 Å². The van der Waals surface area contributed by atoms with Crippen molar-refractivity contribution in [3.8, 4) is 0 Å². The highest BCUT2D eigenvalue weighted by Gasteiger charge is 2.11. The van der Waals surface area contributed by atoms with Crippen LogP contribution in [0.25, 0.3) is 11.0 Å². The molecule has 0 unspecified atom stereocenters. The number of carbonyl (C=O) groups excluding carboxylic acids is 1. The Balaban J connectivity index is 1.84. The first kappa shape index (κ1) is 12.2. The van der Waals surface area contributed by atoms with Gasteiger partial charge < -0.3 is 15.3 Å². The first-order chi connectivity index (χ1) is 9.74. The van der Waals surface area contributed by atoms with E-state index < -0.39 is 0 Å². The van der Waals surface area contributed by atoms with Gasteiger partial charge in [-0.1, -0.05) is 6.07 Å². The van der Waals surface area contributed by atoms with E-state index in [1.54, 1.807) is 30.6 Å². The predicted octanol–water partition coefficient (Wildman–Crippen LogP) is 1.18. The number of hydrogen-bond donors (Lipinski definition) is 3. The third-order valence-corrected chi connectivity index (χ3v) is 3.00. The second-order valence-electron chi connectivity index (χ2n) is 4.35. The summed E-state index contributed by atoms with van der Waals surface area (Å²) in [6, 6.07) is 8.81. The van der Waals surface area contributed by atoms with Gasteiger partial charge in [-0.3, -0.25) is 9.78 Å². The lowest BCUT2D eigenvalue weighted by atomic mass is 10.1. The number of fused-ring (bicyclic) bond motifs is 1. The zero-order valence-electron chi connectivity index (χ0n) is 10.5. The summed E-state index contributed by atoms with van der Waals surface area (Å²) in [6.45, 7) is 0.409. The lowest BCUT2D eigenvalue weighted by molar-refractivity contribution is 0.0952. The van der Waals surface area contributed by atoms with E-state index in [0.717, 1.165) is 5.56 Å². The number of nitrogens with zero attached hydrogens (tertiary/aromatic N) is 1. The van der Waals surface area contributed by atoms with E-state index in [4.69, 9.17) is 0 Å². The Bertz CT molecular complexity index is 805. The van der Waals surface area contributed by atoms with Gasteiger partial charge in [0.05, 0.1) is 16.6 Å². The molecule has 1 amide bonds. The fourth-order valence-electron chi connectivity index (χ4n) is 2.03. The van der Waals surface area contributed by atoms with Gasteiger partial charge in [0, 0.05) is 18.9 Å². The van der Waals surface area contributed by atoms with Crippen molar-refractivity contribution >= 4 is 16.9 Å². The number of rotatable bonds is 3. The van der Waals surface area contributed by atoms with Crippen LogP contribution in [0.1, 0.15) is 15.9 Å². The Labute approximate surface area is 113 Å². The van der Waals surface area contributed by atoms with Gasteiger partial charge in [-0.05, 0) is 29.8 Å². The molecule has 0 aliphatic heterocycles. The maximum Gasteiger partial charge on any atom is 0.323 e. The Hall–Kier alpha value is -2.89. The number of H-pyrrole nitrogens is 2. The monoisotopic (exact) mass is 268 g/mol. The van der Waals surface area contributed by atoms with Gasteiger partial charge in [0.1, 0.15) is 0 Å². The summed E-state index contributed by atoms with van der Waals surface area (Å²) in [7, 11) is 0. The Morgan fingerprint density at radius 2 is 1.95 bits per heavy atom. The summed E-state index contributed by atoms with van der Waals surface area (Å²) in [4.78, 5) is 32.6. The number of aromatic nitrogens is 3. The minimum Gasteiger partial charge on any atom is -0.348 e. The second kappa shape index (κ2) is 5.00. The highest BCUT2D eigenvalue weighted by Crippen LogP contribution is 2.13. The zero-order chi connectivity index (χ0) is 13.9. The number of hydrogen-bond acceptors (Lipinski definition) is 3. The normalized spacial score (nSPS) is 10.6. The van der Waals surface area contributed by atoms with Crippen molar-refractivity contribution in [2.45, 2.75) is 6.54 Å². The quantitative estimate of drug-likeness (QED) is 0.666. The zero-order valence-corrected chi connectivity index (χ0v) is 10.5. The standard InChI is InChI=1S/C14H12N4O2/c19-13(16-8-9-4-6-15-7-5-9)10-2-1-3-11-12(10)18-14(20)17-11/h1-7H,8H2,(H,16,19)(H2,17,18,20). The molecule has 100 valence electrons. The molecule has 1 aromatic carbocycles. The van der Waals surface area contributed by atoms with Gasteiger partial charge >= 0.3 is 5.69 Å². The van der Waals surface area contributed by atoms with Gasteiger partial charge in [-0.25, -0.2) is 4.79 Å². The molecule has 2 heterocycles. The average Bonchev–Trinajstić information content (AvgIpc) is 2.85. The average molecular weight is 268 g/mol. The van der Waals surface area contributed by atoms with Crippen LogP contribution in [0.3, 0.4) is 0 Å². The van der Waals surface area contributed by atoms with Crippen molar-refractivity contribution in [3.05, 3.63) is 64.3 Å². The van der Waals surface area contributed by atoms with Gasteiger partial charge in [0.25, 0.3) is 5.91 Å². The molecule has 0 saturated heterocycles. The van der Waals surface area contributed by atoms with E-state index in [1.807, 2.05) is 12.1 Å². The number of benzene rings is 1. The second-order valence-corrected chi connectivity index (χ2v) is 4.35. The molecule has 0 fully saturated rings. The molecule has 0 saturated carbocycles. The summed E-state index contributed by atoms with van der Waals surface area (Å²) in [5.74, 6) is -0.234. The summed E-state index contributed by atoms with van der Waals surface area (Å²) >= 11 is 0. The van der Waals surface area contributed by atoms with Crippen LogP contribution in [0.15, 0.2) is 47.5 Å². The van der Waals surface area contributed by atoms with Crippen LogP contribution in [-0.2, 0) is 6.54 Å². The molecular weight excluding hydrogens is 256 g/mol. The number of pyridine rings is 1. The topological polar surface area (TPSA) is 90.6 Å². The molecule has 6 nitrogen and oxygen atoms in total. The highest BCUT2D eigenvalue weighted by atomic mass is 16.2. The van der Waals surface area contributed by atoms with E-state index in [-0.39, 0.29) is 11.6 Å². The number of nitrogens with one attached hydrogen (secondary N) is 3. The molecule has 6 heteroatoms. The lowest BCUT2D eigenvalue weighted by Crippen LogP contribution is -2.23. The summed E-state index contributed by atoms with van der Waals surface area (Å²) < 4.78 is 0. The fourth-order valence-corrected chi connectivity index (χ4v) is 2.03. The molecule has 0 aliphatic carbocycles. The lowest BCUT2D eigenvalue weighted by Gasteiger charge is -2.05. The Morgan fingerprint density at radius 1 is 1.15 bits per heavy atom. The van der Waals surface area contributed by atoms with Crippen LogP contribution >= 0.6 is 0 Å². The molecule has 0 bridgehead atoms. The number of para-hydroxylation sites is 1. The summed E-state index contributed by atoms with van der Waals surface area (Å²) in [6.07, 6.45) is 3.34. The largest absolute Gasteiger partial charge is 0.348 e. The van der Waals surface area contributed by atoms with Gasteiger partial charge in [-0.2, -0.15) is 0 Å². The number of amides is 1.